The van der Waals surface area contributed by atoms with Crippen molar-refractivity contribution in [3.8, 4) is 11.3 Å². The Kier molecular flexibility index (Phi) is 7.93. The van der Waals surface area contributed by atoms with Gasteiger partial charge in [-0.05, 0) is 67.8 Å². The van der Waals surface area contributed by atoms with E-state index < -0.39 is 0 Å². The number of anilines is 1. The van der Waals surface area contributed by atoms with Crippen molar-refractivity contribution in [2.24, 2.45) is 5.73 Å². The van der Waals surface area contributed by atoms with E-state index in [0.717, 1.165) is 46.7 Å². The van der Waals surface area contributed by atoms with Gasteiger partial charge in [0.05, 0.1) is 29.3 Å². The van der Waals surface area contributed by atoms with Crippen LogP contribution < -0.4 is 11.1 Å². The SMILES string of the molecule is CC/C=C(/C)c1cc(NCC(=N)/C=C\N)cc(-c2cccnc2C(C)CC)n1. The highest BCUT2D eigenvalue weighted by molar-refractivity contribution is 5.95. The normalized spacial score (nSPS) is 12.9. The molecule has 0 aromatic carbocycles. The maximum Gasteiger partial charge on any atom is 0.0748 e. The fourth-order valence-electron chi connectivity index (χ4n) is 2.98. The second-order valence-electron chi connectivity index (χ2n) is 6.91. The number of aromatic nitrogens is 2. The number of rotatable bonds is 9. The molecule has 0 saturated heterocycles. The van der Waals surface area contributed by atoms with Crippen molar-refractivity contribution in [3.63, 3.8) is 0 Å². The molecule has 148 valence electrons. The highest BCUT2D eigenvalue weighted by atomic mass is 14.9. The third kappa shape index (κ3) is 5.52. The Morgan fingerprint density at radius 2 is 2.11 bits per heavy atom. The molecule has 1 atom stereocenters. The molecular formula is C23H31N5. The molecule has 4 N–H and O–H groups in total. The molecule has 2 heterocycles. The van der Waals surface area contributed by atoms with Gasteiger partial charge in [0.2, 0.25) is 0 Å². The smallest absolute Gasteiger partial charge is 0.0748 e. The van der Waals surface area contributed by atoms with E-state index in [1.54, 1.807) is 6.08 Å². The van der Waals surface area contributed by atoms with E-state index in [1.165, 1.54) is 6.20 Å². The Labute approximate surface area is 168 Å². The average Bonchev–Trinajstić information content (AvgIpc) is 2.72. The lowest BCUT2D eigenvalue weighted by Crippen LogP contribution is -2.11. The minimum Gasteiger partial charge on any atom is -0.405 e. The molecule has 2 aromatic heterocycles. The van der Waals surface area contributed by atoms with Gasteiger partial charge in [0.1, 0.15) is 0 Å². The third-order valence-corrected chi connectivity index (χ3v) is 4.71. The predicted octanol–water partition coefficient (Wildman–Crippen LogP) is 5.37. The van der Waals surface area contributed by atoms with E-state index in [4.69, 9.17) is 16.1 Å². The van der Waals surface area contributed by atoms with E-state index in [9.17, 15) is 0 Å². The van der Waals surface area contributed by atoms with E-state index in [2.05, 4.69) is 50.1 Å². The molecule has 0 saturated carbocycles. The lowest BCUT2D eigenvalue weighted by Gasteiger charge is -2.16. The second-order valence-corrected chi connectivity index (χ2v) is 6.91. The van der Waals surface area contributed by atoms with Gasteiger partial charge in [0.15, 0.2) is 0 Å². The molecule has 2 rings (SSSR count). The van der Waals surface area contributed by atoms with E-state index in [0.29, 0.717) is 18.2 Å². The summed E-state index contributed by atoms with van der Waals surface area (Å²) in [6.45, 7) is 8.97. The molecule has 0 bridgehead atoms. The van der Waals surface area contributed by atoms with Gasteiger partial charge in [0, 0.05) is 17.4 Å². The van der Waals surface area contributed by atoms with Crippen molar-refractivity contribution in [1.82, 2.24) is 9.97 Å². The number of allylic oxidation sites excluding steroid dienone is 2. The molecule has 0 radical (unpaired) electrons. The number of hydrogen-bond donors (Lipinski definition) is 3. The molecule has 2 aromatic rings. The van der Waals surface area contributed by atoms with Gasteiger partial charge in [-0.25, -0.2) is 4.98 Å². The summed E-state index contributed by atoms with van der Waals surface area (Å²) in [7, 11) is 0. The van der Waals surface area contributed by atoms with Crippen LogP contribution in [0.15, 0.2) is 48.8 Å². The van der Waals surface area contributed by atoms with E-state index in [-0.39, 0.29) is 0 Å². The number of nitrogens with zero attached hydrogens (tertiary/aromatic N) is 2. The molecule has 0 fully saturated rings. The van der Waals surface area contributed by atoms with Crippen molar-refractivity contribution in [1.29, 1.82) is 5.41 Å². The molecule has 0 spiro atoms. The van der Waals surface area contributed by atoms with Crippen LogP contribution in [-0.2, 0) is 0 Å². The van der Waals surface area contributed by atoms with Gasteiger partial charge in [-0.15, -0.1) is 0 Å². The number of nitrogens with one attached hydrogen (secondary N) is 2. The largest absolute Gasteiger partial charge is 0.405 e. The summed E-state index contributed by atoms with van der Waals surface area (Å²) >= 11 is 0. The maximum atomic E-state index is 7.91. The third-order valence-electron chi connectivity index (χ3n) is 4.71. The second kappa shape index (κ2) is 10.4. The zero-order valence-corrected chi connectivity index (χ0v) is 17.3. The molecule has 5 heteroatoms. The summed E-state index contributed by atoms with van der Waals surface area (Å²) in [6.07, 6.45) is 8.96. The van der Waals surface area contributed by atoms with Crippen LogP contribution in [0.3, 0.4) is 0 Å². The first-order valence-electron chi connectivity index (χ1n) is 9.84. The van der Waals surface area contributed by atoms with Gasteiger partial charge >= 0.3 is 0 Å². The van der Waals surface area contributed by atoms with Crippen molar-refractivity contribution >= 4 is 17.0 Å². The number of hydrogen-bond acceptors (Lipinski definition) is 5. The lowest BCUT2D eigenvalue weighted by molar-refractivity contribution is 0.709. The number of pyridine rings is 2. The van der Waals surface area contributed by atoms with Crippen LogP contribution in [0.1, 0.15) is 57.8 Å². The van der Waals surface area contributed by atoms with Crippen molar-refractivity contribution in [2.75, 3.05) is 11.9 Å². The Morgan fingerprint density at radius 3 is 2.79 bits per heavy atom. The minimum atomic E-state index is 0.355. The minimum absolute atomic E-state index is 0.355. The molecule has 5 nitrogen and oxygen atoms in total. The topological polar surface area (TPSA) is 87.7 Å². The molecular weight excluding hydrogens is 346 g/mol. The van der Waals surface area contributed by atoms with Gasteiger partial charge in [-0.2, -0.15) is 0 Å². The maximum absolute atomic E-state index is 7.91. The summed E-state index contributed by atoms with van der Waals surface area (Å²) in [5.41, 5.74) is 11.8. The van der Waals surface area contributed by atoms with Gasteiger partial charge in [0.25, 0.3) is 0 Å². The van der Waals surface area contributed by atoms with E-state index >= 15 is 0 Å². The summed E-state index contributed by atoms with van der Waals surface area (Å²) in [5.74, 6) is 0.355. The Bertz CT molecular complexity index is 867. The highest BCUT2D eigenvalue weighted by Gasteiger charge is 2.15. The quantitative estimate of drug-likeness (QED) is 0.512. The van der Waals surface area contributed by atoms with Crippen molar-refractivity contribution < 1.29 is 0 Å². The van der Waals surface area contributed by atoms with Crippen molar-refractivity contribution in [2.45, 2.75) is 46.5 Å². The molecule has 1 unspecified atom stereocenters. The zero-order chi connectivity index (χ0) is 20.5. The predicted molar refractivity (Wildman–Crippen MR) is 120 cm³/mol. The first-order valence-corrected chi connectivity index (χ1v) is 9.84. The van der Waals surface area contributed by atoms with Crippen LogP contribution in [0.5, 0.6) is 0 Å². The van der Waals surface area contributed by atoms with Crippen LogP contribution in [0.25, 0.3) is 16.8 Å². The number of nitrogens with two attached hydrogens (primary N) is 1. The van der Waals surface area contributed by atoms with Crippen LogP contribution in [0, 0.1) is 5.41 Å². The Hall–Kier alpha value is -2.95. The van der Waals surface area contributed by atoms with Crippen molar-refractivity contribution in [3.05, 3.63) is 60.2 Å². The Morgan fingerprint density at radius 1 is 1.32 bits per heavy atom. The molecule has 0 aliphatic carbocycles. The molecule has 0 amide bonds. The van der Waals surface area contributed by atoms with Gasteiger partial charge in [-0.3, -0.25) is 4.98 Å². The fourth-order valence-corrected chi connectivity index (χ4v) is 2.98. The average molecular weight is 378 g/mol. The first-order chi connectivity index (χ1) is 13.5. The summed E-state index contributed by atoms with van der Waals surface area (Å²) in [6, 6.07) is 8.11. The van der Waals surface area contributed by atoms with Crippen LogP contribution in [0.4, 0.5) is 5.69 Å². The summed E-state index contributed by atoms with van der Waals surface area (Å²) in [5, 5.41) is 11.2. The lowest BCUT2D eigenvalue weighted by atomic mass is 9.97. The molecule has 28 heavy (non-hydrogen) atoms. The summed E-state index contributed by atoms with van der Waals surface area (Å²) in [4.78, 5) is 9.56. The molecule has 0 aliphatic heterocycles. The van der Waals surface area contributed by atoms with E-state index in [1.807, 2.05) is 24.4 Å². The van der Waals surface area contributed by atoms with Gasteiger partial charge < -0.3 is 16.5 Å². The van der Waals surface area contributed by atoms with Gasteiger partial charge in [-0.1, -0.05) is 26.8 Å². The standard InChI is InChI=1S/C23H31N5/c1-5-8-17(4)21-13-19(27-15-18(25)10-11-24)14-22(28-21)20-9-7-12-26-23(20)16(3)6-2/h7-14,16,25H,5-6,15,24H2,1-4H3,(H,27,28)/b11-10-,17-8-,25-18?. The first kappa shape index (κ1) is 21.4. The molecule has 0 aliphatic rings. The highest BCUT2D eigenvalue weighted by Crippen LogP contribution is 2.31. The van der Waals surface area contributed by atoms with Crippen LogP contribution in [-0.4, -0.2) is 22.2 Å². The summed E-state index contributed by atoms with van der Waals surface area (Å²) < 4.78 is 0. The van der Waals surface area contributed by atoms with Crippen LogP contribution >= 0.6 is 0 Å². The van der Waals surface area contributed by atoms with Crippen LogP contribution in [0.2, 0.25) is 0 Å². The monoisotopic (exact) mass is 377 g/mol. The zero-order valence-electron chi connectivity index (χ0n) is 17.3. The Balaban J connectivity index is 2.52. The fraction of sp³-hybridized carbons (Fsp3) is 0.348.